The molecule has 1 fully saturated rings. The lowest BCUT2D eigenvalue weighted by molar-refractivity contribution is 0.0639. The van der Waals surface area contributed by atoms with E-state index in [0.717, 1.165) is 24.7 Å². The molecule has 24 heavy (non-hydrogen) atoms. The van der Waals surface area contributed by atoms with E-state index in [1.165, 1.54) is 0 Å². The van der Waals surface area contributed by atoms with Crippen molar-refractivity contribution in [3.63, 3.8) is 0 Å². The summed E-state index contributed by atoms with van der Waals surface area (Å²) in [6.45, 7) is 4.02. The first-order valence-corrected chi connectivity index (χ1v) is 7.99. The number of rotatable bonds is 6. The second-order valence-electron chi connectivity index (χ2n) is 6.15. The maximum Gasteiger partial charge on any atom is 0.224 e. The van der Waals surface area contributed by atoms with E-state index < -0.39 is 0 Å². The maximum atomic E-state index is 5.61. The fraction of sp³-hybridized carbons (Fsp3) is 0.562. The van der Waals surface area contributed by atoms with Gasteiger partial charge < -0.3 is 24.3 Å². The van der Waals surface area contributed by atoms with Crippen LogP contribution in [0.25, 0.3) is 0 Å². The number of hydrogen-bond donors (Lipinski definition) is 1. The van der Waals surface area contributed by atoms with Crippen LogP contribution in [-0.2, 0) is 11.3 Å². The van der Waals surface area contributed by atoms with Crippen LogP contribution in [0.15, 0.2) is 22.9 Å². The number of anilines is 2. The van der Waals surface area contributed by atoms with Crippen LogP contribution in [0.3, 0.4) is 0 Å². The molecule has 0 amide bonds. The highest BCUT2D eigenvalue weighted by Gasteiger charge is 2.34. The Kier molecular flexibility index (Phi) is 4.96. The summed E-state index contributed by atoms with van der Waals surface area (Å²) in [6, 6.07) is 2.27. The minimum atomic E-state index is 0.170. The summed E-state index contributed by atoms with van der Waals surface area (Å²) in [5, 5.41) is 3.17. The molecule has 2 atom stereocenters. The van der Waals surface area contributed by atoms with Gasteiger partial charge in [0.15, 0.2) is 5.89 Å². The van der Waals surface area contributed by atoms with Gasteiger partial charge in [0.05, 0.1) is 24.9 Å². The van der Waals surface area contributed by atoms with Gasteiger partial charge in [-0.1, -0.05) is 0 Å². The number of aryl methyl sites for hydroxylation is 1. The summed E-state index contributed by atoms with van der Waals surface area (Å²) in [4.78, 5) is 17.4. The highest BCUT2D eigenvalue weighted by Crippen LogP contribution is 2.23. The number of oxazole rings is 1. The first kappa shape index (κ1) is 16.7. The Hall–Kier alpha value is -2.19. The van der Waals surface area contributed by atoms with Crippen LogP contribution in [-0.4, -0.2) is 66.3 Å². The molecule has 1 N–H and O–H groups in total. The summed E-state index contributed by atoms with van der Waals surface area (Å²) >= 11 is 0. The second kappa shape index (κ2) is 7.14. The van der Waals surface area contributed by atoms with Gasteiger partial charge in [-0.05, 0) is 20.2 Å². The van der Waals surface area contributed by atoms with E-state index in [0.29, 0.717) is 24.4 Å². The average molecular weight is 332 g/mol. The monoisotopic (exact) mass is 332 g/mol. The van der Waals surface area contributed by atoms with E-state index in [9.17, 15) is 0 Å². The molecule has 130 valence electrons. The molecule has 1 saturated heterocycles. The van der Waals surface area contributed by atoms with Gasteiger partial charge in [-0.3, -0.25) is 0 Å². The van der Waals surface area contributed by atoms with Gasteiger partial charge in [-0.25, -0.2) is 9.97 Å². The molecule has 0 aromatic carbocycles. The summed E-state index contributed by atoms with van der Waals surface area (Å²) in [5.74, 6) is 2.88. The molecule has 0 bridgehead atoms. The summed E-state index contributed by atoms with van der Waals surface area (Å²) in [5.41, 5.74) is 0. The standard InChI is InChI=1S/C16H24N6O2/c1-11-18-7-12(24-11)8-19-16-17-6-5-15(20-16)22-9-13(21(2)3)14(10-22)23-4/h5-7,13-14H,8-10H2,1-4H3,(H,17,19,20)/t13-,14+/m0/s1. The molecule has 8 heteroatoms. The Morgan fingerprint density at radius 2 is 2.21 bits per heavy atom. The molecular weight excluding hydrogens is 308 g/mol. The van der Waals surface area contributed by atoms with Crippen LogP contribution in [0.5, 0.6) is 0 Å². The molecule has 1 aliphatic rings. The SMILES string of the molecule is CO[C@@H]1CN(c2ccnc(NCc3cnc(C)o3)n2)C[C@@H]1N(C)C. The van der Waals surface area contributed by atoms with E-state index in [1.54, 1.807) is 19.5 Å². The Balaban J connectivity index is 1.67. The zero-order chi connectivity index (χ0) is 17.1. The largest absolute Gasteiger partial charge is 0.444 e. The number of ether oxygens (including phenoxy) is 1. The van der Waals surface area contributed by atoms with E-state index in [2.05, 4.69) is 44.2 Å². The van der Waals surface area contributed by atoms with Gasteiger partial charge in [-0.2, -0.15) is 4.98 Å². The van der Waals surface area contributed by atoms with Gasteiger partial charge in [-0.15, -0.1) is 0 Å². The third kappa shape index (κ3) is 3.65. The molecule has 0 saturated carbocycles. The van der Waals surface area contributed by atoms with Gasteiger partial charge in [0, 0.05) is 33.3 Å². The molecule has 2 aromatic heterocycles. The van der Waals surface area contributed by atoms with E-state index in [-0.39, 0.29) is 6.10 Å². The highest BCUT2D eigenvalue weighted by atomic mass is 16.5. The van der Waals surface area contributed by atoms with Gasteiger partial charge in [0.1, 0.15) is 11.6 Å². The molecular formula is C16H24N6O2. The first-order chi connectivity index (χ1) is 11.6. The predicted molar refractivity (Wildman–Crippen MR) is 91.1 cm³/mol. The molecule has 1 aliphatic heterocycles. The molecule has 0 aliphatic carbocycles. The Labute approximate surface area is 141 Å². The van der Waals surface area contributed by atoms with Crippen LogP contribution in [0.1, 0.15) is 11.7 Å². The van der Waals surface area contributed by atoms with Crippen molar-refractivity contribution in [3.05, 3.63) is 30.1 Å². The van der Waals surface area contributed by atoms with Crippen molar-refractivity contribution in [1.29, 1.82) is 0 Å². The third-order valence-corrected chi connectivity index (χ3v) is 4.26. The summed E-state index contributed by atoms with van der Waals surface area (Å²) in [7, 11) is 5.91. The Morgan fingerprint density at radius 3 is 2.83 bits per heavy atom. The Morgan fingerprint density at radius 1 is 1.38 bits per heavy atom. The van der Waals surface area contributed by atoms with Crippen molar-refractivity contribution < 1.29 is 9.15 Å². The van der Waals surface area contributed by atoms with Crippen LogP contribution >= 0.6 is 0 Å². The van der Waals surface area contributed by atoms with Crippen LogP contribution in [0.2, 0.25) is 0 Å². The van der Waals surface area contributed by atoms with Gasteiger partial charge in [0.25, 0.3) is 0 Å². The Bertz CT molecular complexity index is 674. The van der Waals surface area contributed by atoms with Gasteiger partial charge >= 0.3 is 0 Å². The minimum absolute atomic E-state index is 0.170. The number of methoxy groups -OCH3 is 1. The van der Waals surface area contributed by atoms with Crippen LogP contribution in [0, 0.1) is 6.92 Å². The van der Waals surface area contributed by atoms with Crippen LogP contribution < -0.4 is 10.2 Å². The predicted octanol–water partition coefficient (Wildman–Crippen LogP) is 1.15. The second-order valence-corrected chi connectivity index (χ2v) is 6.15. The van der Waals surface area contributed by atoms with Crippen molar-refractivity contribution in [1.82, 2.24) is 19.9 Å². The number of hydrogen-bond acceptors (Lipinski definition) is 8. The van der Waals surface area contributed by atoms with E-state index >= 15 is 0 Å². The lowest BCUT2D eigenvalue weighted by Gasteiger charge is -2.23. The first-order valence-electron chi connectivity index (χ1n) is 7.99. The molecule has 8 nitrogen and oxygen atoms in total. The fourth-order valence-electron chi connectivity index (χ4n) is 2.93. The topological polar surface area (TPSA) is 79.5 Å². The summed E-state index contributed by atoms with van der Waals surface area (Å²) in [6.07, 6.45) is 3.64. The molecule has 2 aromatic rings. The van der Waals surface area contributed by atoms with Crippen molar-refractivity contribution in [2.24, 2.45) is 0 Å². The molecule has 3 rings (SSSR count). The van der Waals surface area contributed by atoms with Crippen molar-refractivity contribution in [3.8, 4) is 0 Å². The van der Waals surface area contributed by atoms with Gasteiger partial charge in [0.2, 0.25) is 5.95 Å². The smallest absolute Gasteiger partial charge is 0.224 e. The zero-order valence-electron chi connectivity index (χ0n) is 14.6. The van der Waals surface area contributed by atoms with Crippen molar-refractivity contribution >= 4 is 11.8 Å². The number of nitrogens with one attached hydrogen (secondary N) is 1. The zero-order valence-corrected chi connectivity index (χ0v) is 14.6. The quantitative estimate of drug-likeness (QED) is 0.844. The number of likely N-dealkylation sites (N-methyl/N-ethyl adjacent to an activating group) is 1. The number of nitrogens with zero attached hydrogens (tertiary/aromatic N) is 5. The molecule has 0 unspecified atom stereocenters. The van der Waals surface area contributed by atoms with E-state index in [4.69, 9.17) is 9.15 Å². The van der Waals surface area contributed by atoms with Crippen molar-refractivity contribution in [2.75, 3.05) is 44.5 Å². The van der Waals surface area contributed by atoms with Crippen molar-refractivity contribution in [2.45, 2.75) is 25.6 Å². The van der Waals surface area contributed by atoms with E-state index in [1.807, 2.05) is 13.0 Å². The molecule has 3 heterocycles. The van der Waals surface area contributed by atoms with Crippen LogP contribution in [0.4, 0.5) is 11.8 Å². The molecule has 0 radical (unpaired) electrons. The normalized spacial score (nSPS) is 20.8. The average Bonchev–Trinajstić information content (AvgIpc) is 3.19. The number of aromatic nitrogens is 3. The summed E-state index contributed by atoms with van der Waals surface area (Å²) < 4.78 is 11.1. The lowest BCUT2D eigenvalue weighted by Crippen LogP contribution is -2.39. The lowest BCUT2D eigenvalue weighted by atomic mass is 10.2. The maximum absolute atomic E-state index is 5.61. The highest BCUT2D eigenvalue weighted by molar-refractivity contribution is 5.44. The third-order valence-electron chi connectivity index (χ3n) is 4.26. The molecule has 0 spiro atoms. The minimum Gasteiger partial charge on any atom is -0.444 e. The fourth-order valence-corrected chi connectivity index (χ4v) is 2.93.